The predicted octanol–water partition coefficient (Wildman–Crippen LogP) is 3.69. The van der Waals surface area contributed by atoms with Crippen molar-refractivity contribution in [2.24, 2.45) is 0 Å². The summed E-state index contributed by atoms with van der Waals surface area (Å²) in [5.41, 5.74) is 0. The molecule has 0 spiro atoms. The molecule has 0 fully saturated rings. The SMILES string of the molecule is CC(F)C(F)(F)C(F)(F)C(F)=C(F)F. The van der Waals surface area contributed by atoms with Gasteiger partial charge < -0.3 is 0 Å². The number of alkyl halides is 5. The van der Waals surface area contributed by atoms with E-state index in [-0.39, 0.29) is 6.92 Å². The first-order chi connectivity index (χ1) is 6.05. The lowest BCUT2D eigenvalue weighted by atomic mass is 10.1. The highest BCUT2D eigenvalue weighted by Crippen LogP contribution is 2.45. The number of hydrogen-bond acceptors (Lipinski definition) is 0. The van der Waals surface area contributed by atoms with Crippen molar-refractivity contribution < 1.29 is 35.1 Å². The normalized spacial score (nSPS) is 15.2. The van der Waals surface area contributed by atoms with E-state index in [1.807, 2.05) is 0 Å². The first-order valence-corrected chi connectivity index (χ1v) is 3.16. The highest BCUT2D eigenvalue weighted by molar-refractivity contribution is 5.12. The third-order valence-electron chi connectivity index (χ3n) is 1.36. The Kier molecular flexibility index (Phi) is 3.52. The van der Waals surface area contributed by atoms with Gasteiger partial charge in [-0.3, -0.25) is 0 Å². The minimum Gasteiger partial charge on any atom is -0.241 e. The van der Waals surface area contributed by atoms with E-state index in [1.54, 1.807) is 0 Å². The molecule has 1 atom stereocenters. The molecular weight excluding hydrogens is 224 g/mol. The molecule has 0 aliphatic rings. The fraction of sp³-hybridized carbons (Fsp3) is 0.667. The molecule has 0 aromatic rings. The van der Waals surface area contributed by atoms with Crippen LogP contribution < -0.4 is 0 Å². The Bertz CT molecular complexity index is 236. The second kappa shape index (κ2) is 3.74. The van der Waals surface area contributed by atoms with Crippen LogP contribution in [-0.4, -0.2) is 18.0 Å². The van der Waals surface area contributed by atoms with Gasteiger partial charge in [0.15, 0.2) is 6.17 Å². The Hall–Kier alpha value is -0.820. The Morgan fingerprint density at radius 3 is 1.57 bits per heavy atom. The average molecular weight is 228 g/mol. The Labute approximate surface area is 73.2 Å². The molecule has 0 aromatic carbocycles. The molecular formula is C6H4F8. The van der Waals surface area contributed by atoms with Crippen molar-refractivity contribution in [3.8, 4) is 0 Å². The monoisotopic (exact) mass is 228 g/mol. The highest BCUT2D eigenvalue weighted by atomic mass is 19.3. The first-order valence-electron chi connectivity index (χ1n) is 3.16. The third-order valence-corrected chi connectivity index (χ3v) is 1.36. The van der Waals surface area contributed by atoms with Gasteiger partial charge in [-0.25, -0.2) is 4.39 Å². The average Bonchev–Trinajstić information content (AvgIpc) is 2.01. The van der Waals surface area contributed by atoms with E-state index in [1.165, 1.54) is 0 Å². The topological polar surface area (TPSA) is 0 Å². The maximum atomic E-state index is 12.2. The quantitative estimate of drug-likeness (QED) is 0.646. The fourth-order valence-electron chi connectivity index (χ4n) is 0.515. The van der Waals surface area contributed by atoms with Gasteiger partial charge in [-0.05, 0) is 6.92 Å². The Morgan fingerprint density at radius 2 is 1.36 bits per heavy atom. The van der Waals surface area contributed by atoms with Crippen molar-refractivity contribution in [1.82, 2.24) is 0 Å². The molecule has 0 aliphatic heterocycles. The number of hydrogen-bond donors (Lipinski definition) is 0. The lowest BCUT2D eigenvalue weighted by Gasteiger charge is -2.25. The summed E-state index contributed by atoms with van der Waals surface area (Å²) < 4.78 is 95.2. The van der Waals surface area contributed by atoms with Gasteiger partial charge in [0.2, 0.25) is 5.83 Å². The lowest BCUT2D eigenvalue weighted by molar-refractivity contribution is -0.224. The van der Waals surface area contributed by atoms with Crippen LogP contribution in [0, 0.1) is 0 Å². The van der Waals surface area contributed by atoms with Crippen molar-refractivity contribution in [3.63, 3.8) is 0 Å². The van der Waals surface area contributed by atoms with E-state index < -0.39 is 29.9 Å². The predicted molar refractivity (Wildman–Crippen MR) is 30.8 cm³/mol. The second-order valence-electron chi connectivity index (χ2n) is 2.39. The summed E-state index contributed by atoms with van der Waals surface area (Å²) in [7, 11) is 0. The van der Waals surface area contributed by atoms with Crippen LogP contribution in [0.4, 0.5) is 35.1 Å². The molecule has 1 unspecified atom stereocenters. The molecule has 0 heterocycles. The van der Waals surface area contributed by atoms with Crippen LogP contribution in [0.3, 0.4) is 0 Å². The molecule has 14 heavy (non-hydrogen) atoms. The van der Waals surface area contributed by atoms with Crippen LogP contribution >= 0.6 is 0 Å². The van der Waals surface area contributed by atoms with Crippen LogP contribution in [0.15, 0.2) is 11.9 Å². The van der Waals surface area contributed by atoms with Gasteiger partial charge in [0.25, 0.3) is 0 Å². The second-order valence-corrected chi connectivity index (χ2v) is 2.39. The largest absolute Gasteiger partial charge is 0.369 e. The molecule has 84 valence electrons. The molecule has 0 saturated carbocycles. The van der Waals surface area contributed by atoms with Crippen LogP contribution in [0.25, 0.3) is 0 Å². The summed E-state index contributed by atoms with van der Waals surface area (Å²) in [4.78, 5) is 0. The minimum absolute atomic E-state index is 0.0112. The van der Waals surface area contributed by atoms with Crippen molar-refractivity contribution in [2.75, 3.05) is 0 Å². The van der Waals surface area contributed by atoms with E-state index in [2.05, 4.69) is 0 Å². The standard InChI is InChI=1S/C6H4F8/c1-2(7)5(11,12)6(13,14)3(8)4(9)10/h2H,1H3. The van der Waals surface area contributed by atoms with E-state index >= 15 is 0 Å². The molecule has 0 bridgehead atoms. The van der Waals surface area contributed by atoms with Gasteiger partial charge >= 0.3 is 17.9 Å². The fourth-order valence-corrected chi connectivity index (χ4v) is 0.515. The zero-order valence-corrected chi connectivity index (χ0v) is 6.60. The molecule has 0 aromatic heterocycles. The van der Waals surface area contributed by atoms with Crippen LogP contribution in [0.2, 0.25) is 0 Å². The van der Waals surface area contributed by atoms with E-state index in [9.17, 15) is 35.1 Å². The Morgan fingerprint density at radius 1 is 1.00 bits per heavy atom. The smallest absolute Gasteiger partial charge is 0.241 e. The maximum absolute atomic E-state index is 12.2. The number of rotatable bonds is 3. The van der Waals surface area contributed by atoms with Crippen molar-refractivity contribution in [2.45, 2.75) is 24.9 Å². The highest BCUT2D eigenvalue weighted by Gasteiger charge is 2.64. The molecule has 0 amide bonds. The molecule has 0 saturated heterocycles. The van der Waals surface area contributed by atoms with Crippen molar-refractivity contribution in [1.29, 1.82) is 0 Å². The molecule has 0 rings (SSSR count). The summed E-state index contributed by atoms with van der Waals surface area (Å²) in [5, 5.41) is 0. The number of allylic oxidation sites excluding steroid dienone is 1. The van der Waals surface area contributed by atoms with Gasteiger partial charge in [-0.1, -0.05) is 0 Å². The molecule has 0 N–H and O–H groups in total. The van der Waals surface area contributed by atoms with Gasteiger partial charge in [-0.2, -0.15) is 30.7 Å². The van der Waals surface area contributed by atoms with Crippen LogP contribution in [-0.2, 0) is 0 Å². The number of halogens is 8. The zero-order valence-electron chi connectivity index (χ0n) is 6.60. The van der Waals surface area contributed by atoms with Crippen LogP contribution in [0.5, 0.6) is 0 Å². The maximum Gasteiger partial charge on any atom is 0.369 e. The third kappa shape index (κ3) is 1.98. The summed E-state index contributed by atoms with van der Waals surface area (Å²) in [6.45, 7) is 0.0112. The first kappa shape index (κ1) is 13.2. The molecule has 0 radical (unpaired) electrons. The molecule has 0 nitrogen and oxygen atoms in total. The Balaban J connectivity index is 5.26. The summed E-state index contributed by atoms with van der Waals surface area (Å²) in [6, 6.07) is 0. The minimum atomic E-state index is -5.85. The van der Waals surface area contributed by atoms with E-state index in [0.29, 0.717) is 0 Å². The summed E-state index contributed by atoms with van der Waals surface area (Å²) in [5.74, 6) is -15.0. The summed E-state index contributed by atoms with van der Waals surface area (Å²) in [6.07, 6.45) is -7.06. The van der Waals surface area contributed by atoms with Crippen molar-refractivity contribution in [3.05, 3.63) is 11.9 Å². The zero-order chi connectivity index (χ0) is 11.7. The molecule has 0 aliphatic carbocycles. The van der Waals surface area contributed by atoms with E-state index in [4.69, 9.17) is 0 Å². The van der Waals surface area contributed by atoms with Crippen LogP contribution in [0.1, 0.15) is 6.92 Å². The molecule has 8 heteroatoms. The van der Waals surface area contributed by atoms with Gasteiger partial charge in [-0.15, -0.1) is 0 Å². The van der Waals surface area contributed by atoms with Gasteiger partial charge in [0.1, 0.15) is 0 Å². The van der Waals surface area contributed by atoms with Gasteiger partial charge in [0, 0.05) is 0 Å². The van der Waals surface area contributed by atoms with E-state index in [0.717, 1.165) is 0 Å². The lowest BCUT2D eigenvalue weighted by Crippen LogP contribution is -2.47. The van der Waals surface area contributed by atoms with Gasteiger partial charge in [0.05, 0.1) is 0 Å². The summed E-state index contributed by atoms with van der Waals surface area (Å²) >= 11 is 0. The van der Waals surface area contributed by atoms with Crippen molar-refractivity contribution >= 4 is 0 Å².